The fourth-order valence-electron chi connectivity index (χ4n) is 2.61. The third-order valence-electron chi connectivity index (χ3n) is 3.55. The van der Waals surface area contributed by atoms with Crippen LogP contribution in [0.4, 0.5) is 4.79 Å². The molecule has 4 nitrogen and oxygen atoms in total. The van der Waals surface area contributed by atoms with Crippen LogP contribution in [-0.4, -0.2) is 19.1 Å². The van der Waals surface area contributed by atoms with E-state index in [1.807, 2.05) is 25.1 Å². The minimum absolute atomic E-state index is 0.131. The Kier molecular flexibility index (Phi) is 3.77. The molecule has 4 heteroatoms. The van der Waals surface area contributed by atoms with Crippen LogP contribution >= 0.6 is 0 Å². The van der Waals surface area contributed by atoms with Gasteiger partial charge in [-0.15, -0.1) is 0 Å². The number of nitrogens with one attached hydrogen (secondary N) is 2. The van der Waals surface area contributed by atoms with Crippen LogP contribution in [0.3, 0.4) is 0 Å². The van der Waals surface area contributed by atoms with Crippen LogP contribution in [-0.2, 0) is 6.42 Å². The van der Waals surface area contributed by atoms with Crippen molar-refractivity contribution >= 4 is 27.8 Å². The zero-order chi connectivity index (χ0) is 14.7. The highest BCUT2D eigenvalue weighted by Crippen LogP contribution is 2.29. The van der Waals surface area contributed by atoms with Gasteiger partial charge in [0.2, 0.25) is 0 Å². The van der Waals surface area contributed by atoms with E-state index in [0.29, 0.717) is 13.1 Å². The number of hydrogen-bond acceptors (Lipinski definition) is 2. The lowest BCUT2D eigenvalue weighted by Gasteiger charge is -2.08. The molecule has 0 aliphatic rings. The minimum Gasteiger partial charge on any atom is -0.464 e. The smallest absolute Gasteiger partial charge is 0.314 e. The van der Waals surface area contributed by atoms with Gasteiger partial charge >= 0.3 is 6.03 Å². The lowest BCUT2D eigenvalue weighted by Crippen LogP contribution is -2.36. The van der Waals surface area contributed by atoms with Crippen LogP contribution in [0, 0.1) is 0 Å². The van der Waals surface area contributed by atoms with E-state index in [0.717, 1.165) is 23.0 Å². The summed E-state index contributed by atoms with van der Waals surface area (Å²) in [5, 5.41) is 9.08. The Bertz CT molecular complexity index is 777. The molecule has 2 N–H and O–H groups in total. The predicted molar refractivity (Wildman–Crippen MR) is 84.5 cm³/mol. The first-order valence-corrected chi connectivity index (χ1v) is 7.19. The first kappa shape index (κ1) is 13.5. The van der Waals surface area contributed by atoms with Crippen molar-refractivity contribution in [3.05, 3.63) is 48.2 Å². The minimum atomic E-state index is -0.131. The highest BCUT2D eigenvalue weighted by molar-refractivity contribution is 6.07. The summed E-state index contributed by atoms with van der Waals surface area (Å²) in [5.74, 6) is 0. The summed E-state index contributed by atoms with van der Waals surface area (Å²) in [4.78, 5) is 11.4. The van der Waals surface area contributed by atoms with Crippen LogP contribution in [0.1, 0.15) is 12.5 Å². The van der Waals surface area contributed by atoms with Crippen LogP contribution in [0.15, 0.2) is 47.1 Å². The monoisotopic (exact) mass is 282 g/mol. The summed E-state index contributed by atoms with van der Waals surface area (Å²) in [6.45, 7) is 3.11. The maximum absolute atomic E-state index is 11.4. The van der Waals surface area contributed by atoms with Crippen molar-refractivity contribution in [3.63, 3.8) is 0 Å². The number of fused-ring (bicyclic) bond motifs is 3. The molecule has 0 saturated heterocycles. The van der Waals surface area contributed by atoms with Gasteiger partial charge in [-0.05, 0) is 41.8 Å². The third kappa shape index (κ3) is 2.70. The quantitative estimate of drug-likeness (QED) is 0.770. The van der Waals surface area contributed by atoms with E-state index in [-0.39, 0.29) is 6.03 Å². The number of rotatable bonds is 4. The van der Waals surface area contributed by atoms with Crippen molar-refractivity contribution in [1.29, 1.82) is 0 Å². The van der Waals surface area contributed by atoms with Gasteiger partial charge in [0, 0.05) is 18.5 Å². The van der Waals surface area contributed by atoms with Crippen LogP contribution in [0.5, 0.6) is 0 Å². The number of furan rings is 1. The van der Waals surface area contributed by atoms with E-state index in [2.05, 4.69) is 28.8 Å². The van der Waals surface area contributed by atoms with Crippen LogP contribution < -0.4 is 10.6 Å². The SMILES string of the molecule is CCNC(=O)NCCc1cc2ccccc2c2ccoc12. The van der Waals surface area contributed by atoms with Gasteiger partial charge in [-0.2, -0.15) is 0 Å². The molecule has 1 heterocycles. The molecule has 21 heavy (non-hydrogen) atoms. The number of hydrogen-bond donors (Lipinski definition) is 2. The lowest BCUT2D eigenvalue weighted by molar-refractivity contribution is 0.241. The number of carbonyl (C=O) groups is 1. The molecule has 0 fully saturated rings. The molecule has 0 radical (unpaired) electrons. The zero-order valence-electron chi connectivity index (χ0n) is 12.0. The van der Waals surface area contributed by atoms with Gasteiger partial charge in [0.25, 0.3) is 0 Å². The van der Waals surface area contributed by atoms with E-state index < -0.39 is 0 Å². The molecular formula is C17H18N2O2. The fourth-order valence-corrected chi connectivity index (χ4v) is 2.61. The highest BCUT2D eigenvalue weighted by Gasteiger charge is 2.09. The van der Waals surface area contributed by atoms with Crippen molar-refractivity contribution < 1.29 is 9.21 Å². The molecule has 108 valence electrons. The largest absolute Gasteiger partial charge is 0.464 e. The number of benzene rings is 2. The average molecular weight is 282 g/mol. The van der Waals surface area contributed by atoms with Gasteiger partial charge in [-0.25, -0.2) is 4.79 Å². The Morgan fingerprint density at radius 2 is 2.00 bits per heavy atom. The first-order valence-electron chi connectivity index (χ1n) is 7.19. The Labute approximate surface area is 123 Å². The van der Waals surface area contributed by atoms with Crippen molar-refractivity contribution in [3.8, 4) is 0 Å². The highest BCUT2D eigenvalue weighted by atomic mass is 16.3. The fraction of sp³-hybridized carbons (Fsp3) is 0.235. The summed E-state index contributed by atoms with van der Waals surface area (Å²) in [7, 11) is 0. The molecule has 3 aromatic rings. The average Bonchev–Trinajstić information content (AvgIpc) is 2.97. The summed E-state index contributed by atoms with van der Waals surface area (Å²) < 4.78 is 5.63. The van der Waals surface area contributed by atoms with E-state index in [1.54, 1.807) is 6.26 Å². The molecule has 0 unspecified atom stereocenters. The van der Waals surface area contributed by atoms with Crippen LogP contribution in [0.2, 0.25) is 0 Å². The first-order chi connectivity index (χ1) is 10.3. The molecule has 2 aromatic carbocycles. The molecule has 0 aliphatic heterocycles. The number of amides is 2. The normalized spacial score (nSPS) is 10.9. The Hall–Kier alpha value is -2.49. The number of carbonyl (C=O) groups excluding carboxylic acids is 1. The van der Waals surface area contributed by atoms with Gasteiger partial charge < -0.3 is 15.1 Å². The van der Waals surface area contributed by atoms with Gasteiger partial charge in [0.05, 0.1) is 6.26 Å². The van der Waals surface area contributed by atoms with E-state index >= 15 is 0 Å². The number of urea groups is 1. The van der Waals surface area contributed by atoms with Crippen molar-refractivity contribution in [2.75, 3.05) is 13.1 Å². The second kappa shape index (κ2) is 5.87. The third-order valence-corrected chi connectivity index (χ3v) is 3.55. The molecule has 0 spiro atoms. The molecule has 1 aromatic heterocycles. The van der Waals surface area contributed by atoms with Crippen molar-refractivity contribution in [2.45, 2.75) is 13.3 Å². The summed E-state index contributed by atoms with van der Waals surface area (Å²) in [5.41, 5.74) is 2.02. The van der Waals surface area contributed by atoms with Gasteiger partial charge in [0.15, 0.2) is 0 Å². The molecule has 3 rings (SSSR count). The van der Waals surface area contributed by atoms with E-state index in [9.17, 15) is 4.79 Å². The lowest BCUT2D eigenvalue weighted by atomic mass is 10.0. The van der Waals surface area contributed by atoms with Crippen molar-refractivity contribution in [1.82, 2.24) is 10.6 Å². The summed E-state index contributed by atoms with van der Waals surface area (Å²) >= 11 is 0. The topological polar surface area (TPSA) is 54.3 Å². The molecule has 0 aliphatic carbocycles. The zero-order valence-corrected chi connectivity index (χ0v) is 12.0. The Balaban J connectivity index is 1.87. The summed E-state index contributed by atoms with van der Waals surface area (Å²) in [6.07, 6.45) is 2.46. The summed E-state index contributed by atoms with van der Waals surface area (Å²) in [6, 6.07) is 12.3. The van der Waals surface area contributed by atoms with E-state index in [1.165, 1.54) is 10.8 Å². The maximum Gasteiger partial charge on any atom is 0.314 e. The molecule has 0 atom stereocenters. The van der Waals surface area contributed by atoms with E-state index in [4.69, 9.17) is 4.42 Å². The van der Waals surface area contributed by atoms with Crippen LogP contribution in [0.25, 0.3) is 21.7 Å². The second-order valence-electron chi connectivity index (χ2n) is 4.96. The van der Waals surface area contributed by atoms with Gasteiger partial charge in [0.1, 0.15) is 5.58 Å². The standard InChI is InChI=1S/C17H18N2O2/c1-2-18-17(20)19-9-7-13-11-12-5-3-4-6-14(12)15-8-10-21-16(13)15/h3-6,8,10-11H,2,7,9H2,1H3,(H2,18,19,20). The van der Waals surface area contributed by atoms with Crippen molar-refractivity contribution in [2.24, 2.45) is 0 Å². The Morgan fingerprint density at radius 1 is 1.14 bits per heavy atom. The maximum atomic E-state index is 11.4. The molecule has 2 amide bonds. The predicted octanol–water partition coefficient (Wildman–Crippen LogP) is 3.45. The second-order valence-corrected chi connectivity index (χ2v) is 4.96. The van der Waals surface area contributed by atoms with Gasteiger partial charge in [-0.1, -0.05) is 24.3 Å². The molecule has 0 saturated carbocycles. The Morgan fingerprint density at radius 3 is 2.86 bits per heavy atom. The van der Waals surface area contributed by atoms with Gasteiger partial charge in [-0.3, -0.25) is 0 Å². The molecular weight excluding hydrogens is 264 g/mol. The molecule has 0 bridgehead atoms.